The highest BCUT2D eigenvalue weighted by molar-refractivity contribution is 5.89. The van der Waals surface area contributed by atoms with E-state index in [9.17, 15) is 9.18 Å². The van der Waals surface area contributed by atoms with Gasteiger partial charge in [-0.05, 0) is 24.1 Å². The minimum atomic E-state index is -0.937. The minimum absolute atomic E-state index is 0.387. The van der Waals surface area contributed by atoms with Crippen LogP contribution in [0.1, 0.15) is 67.5 Å². The van der Waals surface area contributed by atoms with Crippen LogP contribution < -0.4 is 0 Å². The third-order valence-corrected chi connectivity index (χ3v) is 3.25. The van der Waals surface area contributed by atoms with E-state index in [0.717, 1.165) is 12.8 Å². The number of benzene rings is 1. The Kier molecular flexibility index (Phi) is 7.16. The van der Waals surface area contributed by atoms with Gasteiger partial charge < -0.3 is 4.74 Å². The summed E-state index contributed by atoms with van der Waals surface area (Å²) in [4.78, 5) is 11.3. The molecule has 0 spiro atoms. The Balaban J connectivity index is 2.40. The van der Waals surface area contributed by atoms with Crippen molar-refractivity contribution in [1.82, 2.24) is 0 Å². The van der Waals surface area contributed by atoms with Crippen molar-refractivity contribution >= 4 is 5.97 Å². The molecule has 0 N–H and O–H groups in total. The van der Waals surface area contributed by atoms with Crippen LogP contribution in [-0.4, -0.2) is 13.1 Å². The van der Waals surface area contributed by atoms with Gasteiger partial charge in [0.05, 0.1) is 12.7 Å². The number of hydrogen-bond donors (Lipinski definition) is 0. The Hall–Kier alpha value is -1.38. The van der Waals surface area contributed by atoms with Gasteiger partial charge in [0.1, 0.15) is 6.17 Å². The predicted octanol–water partition coefficient (Wildman–Crippen LogP) is 4.84. The molecule has 0 aromatic heterocycles. The zero-order chi connectivity index (χ0) is 14.1. The van der Waals surface area contributed by atoms with Crippen molar-refractivity contribution in [3.05, 3.63) is 35.4 Å². The number of methoxy groups -OCH3 is 1. The average Bonchev–Trinajstić information content (AvgIpc) is 2.46. The van der Waals surface area contributed by atoms with Crippen LogP contribution in [-0.2, 0) is 4.74 Å². The highest BCUT2D eigenvalue weighted by atomic mass is 19.1. The fourth-order valence-corrected chi connectivity index (χ4v) is 2.04. The van der Waals surface area contributed by atoms with Crippen molar-refractivity contribution < 1.29 is 13.9 Å². The van der Waals surface area contributed by atoms with Crippen molar-refractivity contribution in [2.24, 2.45) is 0 Å². The maximum absolute atomic E-state index is 13.9. The van der Waals surface area contributed by atoms with E-state index in [1.54, 1.807) is 24.3 Å². The number of carbonyl (C=O) groups excluding carboxylic acids is 1. The summed E-state index contributed by atoms with van der Waals surface area (Å²) < 4.78 is 18.5. The maximum atomic E-state index is 13.9. The van der Waals surface area contributed by atoms with Crippen molar-refractivity contribution in [3.8, 4) is 0 Å². The smallest absolute Gasteiger partial charge is 0.337 e. The first-order chi connectivity index (χ1) is 9.19. The molecule has 1 aromatic rings. The van der Waals surface area contributed by atoms with E-state index in [0.29, 0.717) is 17.5 Å². The molecule has 1 aromatic carbocycles. The Morgan fingerprint density at radius 2 is 1.79 bits per heavy atom. The maximum Gasteiger partial charge on any atom is 0.337 e. The van der Waals surface area contributed by atoms with Gasteiger partial charge in [0.2, 0.25) is 0 Å². The highest BCUT2D eigenvalue weighted by Gasteiger charge is 2.11. The van der Waals surface area contributed by atoms with Crippen LogP contribution in [0.2, 0.25) is 0 Å². The van der Waals surface area contributed by atoms with Crippen LogP contribution in [0.5, 0.6) is 0 Å². The Bertz CT molecular complexity index is 373. The fraction of sp³-hybridized carbons (Fsp3) is 0.562. The van der Waals surface area contributed by atoms with Gasteiger partial charge in [-0.25, -0.2) is 9.18 Å². The van der Waals surface area contributed by atoms with Crippen LogP contribution in [0.3, 0.4) is 0 Å². The van der Waals surface area contributed by atoms with Crippen LogP contribution in [0.25, 0.3) is 0 Å². The molecule has 19 heavy (non-hydrogen) atoms. The Morgan fingerprint density at radius 1 is 1.16 bits per heavy atom. The molecule has 0 fully saturated rings. The van der Waals surface area contributed by atoms with Crippen molar-refractivity contribution in [2.75, 3.05) is 7.11 Å². The summed E-state index contributed by atoms with van der Waals surface area (Å²) in [5.74, 6) is -0.387. The third-order valence-electron chi connectivity index (χ3n) is 3.25. The number of unbranched alkanes of at least 4 members (excludes halogenated alkanes) is 4. The quantitative estimate of drug-likeness (QED) is 0.497. The second-order valence-electron chi connectivity index (χ2n) is 4.78. The predicted molar refractivity (Wildman–Crippen MR) is 75.0 cm³/mol. The van der Waals surface area contributed by atoms with Gasteiger partial charge in [0.15, 0.2) is 0 Å². The zero-order valence-corrected chi connectivity index (χ0v) is 11.8. The lowest BCUT2D eigenvalue weighted by Crippen LogP contribution is -2.01. The van der Waals surface area contributed by atoms with Gasteiger partial charge in [0.25, 0.3) is 0 Å². The monoisotopic (exact) mass is 266 g/mol. The van der Waals surface area contributed by atoms with Crippen LogP contribution in [0.15, 0.2) is 24.3 Å². The lowest BCUT2D eigenvalue weighted by Gasteiger charge is -2.09. The SMILES string of the molecule is CCCCCCCC(F)c1ccc(C(=O)OC)cc1. The molecule has 0 bridgehead atoms. The molecule has 1 atom stereocenters. The van der Waals surface area contributed by atoms with E-state index in [4.69, 9.17) is 0 Å². The summed E-state index contributed by atoms with van der Waals surface area (Å²) >= 11 is 0. The largest absolute Gasteiger partial charge is 0.465 e. The van der Waals surface area contributed by atoms with Crippen LogP contribution in [0, 0.1) is 0 Å². The second-order valence-corrected chi connectivity index (χ2v) is 4.78. The first kappa shape index (κ1) is 15.7. The first-order valence-corrected chi connectivity index (χ1v) is 7.01. The van der Waals surface area contributed by atoms with Gasteiger partial charge in [0, 0.05) is 0 Å². The Morgan fingerprint density at radius 3 is 2.37 bits per heavy atom. The summed E-state index contributed by atoms with van der Waals surface area (Å²) in [6, 6.07) is 6.57. The summed E-state index contributed by atoms with van der Waals surface area (Å²) in [6.07, 6.45) is 5.24. The summed E-state index contributed by atoms with van der Waals surface area (Å²) in [7, 11) is 1.34. The average molecular weight is 266 g/mol. The molecule has 0 saturated carbocycles. The number of alkyl halides is 1. The standard InChI is InChI=1S/C16H23FO2/c1-3-4-5-6-7-8-15(17)13-9-11-14(12-10-13)16(18)19-2/h9-12,15H,3-8H2,1-2H3. The number of rotatable bonds is 8. The van der Waals surface area contributed by atoms with Gasteiger partial charge in [-0.2, -0.15) is 0 Å². The molecule has 1 unspecified atom stereocenters. The second kappa shape index (κ2) is 8.68. The summed E-state index contributed by atoms with van der Waals surface area (Å²) in [5, 5.41) is 0. The van der Waals surface area contributed by atoms with Gasteiger partial charge in [-0.3, -0.25) is 0 Å². The molecule has 3 heteroatoms. The minimum Gasteiger partial charge on any atom is -0.465 e. The topological polar surface area (TPSA) is 26.3 Å². The summed E-state index contributed by atoms with van der Waals surface area (Å²) in [5.41, 5.74) is 1.10. The molecule has 1 rings (SSSR count). The number of ether oxygens (including phenoxy) is 1. The third kappa shape index (κ3) is 5.41. The van der Waals surface area contributed by atoms with E-state index in [1.807, 2.05) is 0 Å². The molecule has 106 valence electrons. The van der Waals surface area contributed by atoms with E-state index in [1.165, 1.54) is 26.4 Å². The number of hydrogen-bond acceptors (Lipinski definition) is 2. The molecule has 0 aliphatic rings. The molecule has 0 aliphatic heterocycles. The Labute approximate surface area is 115 Å². The van der Waals surface area contributed by atoms with Crippen molar-refractivity contribution in [3.63, 3.8) is 0 Å². The lowest BCUT2D eigenvalue weighted by atomic mass is 10.0. The first-order valence-electron chi connectivity index (χ1n) is 7.01. The van der Waals surface area contributed by atoms with Crippen LogP contribution in [0.4, 0.5) is 4.39 Å². The van der Waals surface area contributed by atoms with Crippen molar-refractivity contribution in [1.29, 1.82) is 0 Å². The van der Waals surface area contributed by atoms with Crippen molar-refractivity contribution in [2.45, 2.75) is 51.6 Å². The van der Waals surface area contributed by atoms with Gasteiger partial charge in [-0.1, -0.05) is 51.2 Å². The van der Waals surface area contributed by atoms with E-state index < -0.39 is 6.17 Å². The highest BCUT2D eigenvalue weighted by Crippen LogP contribution is 2.24. The fourth-order valence-electron chi connectivity index (χ4n) is 2.04. The molecule has 2 nitrogen and oxygen atoms in total. The van der Waals surface area contributed by atoms with E-state index >= 15 is 0 Å². The van der Waals surface area contributed by atoms with Gasteiger partial charge in [-0.15, -0.1) is 0 Å². The van der Waals surface area contributed by atoms with Gasteiger partial charge >= 0.3 is 5.97 Å². The van der Waals surface area contributed by atoms with Crippen LogP contribution >= 0.6 is 0 Å². The molecule has 0 saturated heterocycles. The lowest BCUT2D eigenvalue weighted by molar-refractivity contribution is 0.0600. The molecule has 0 radical (unpaired) electrons. The van der Waals surface area contributed by atoms with E-state index in [2.05, 4.69) is 11.7 Å². The number of halogens is 1. The molecular weight excluding hydrogens is 243 g/mol. The normalized spacial score (nSPS) is 12.2. The molecular formula is C16H23FO2. The molecule has 0 amide bonds. The number of esters is 1. The molecule has 0 heterocycles. The number of carbonyl (C=O) groups is 1. The summed E-state index contributed by atoms with van der Waals surface area (Å²) in [6.45, 7) is 2.17. The molecule has 0 aliphatic carbocycles. The van der Waals surface area contributed by atoms with E-state index in [-0.39, 0.29) is 5.97 Å². The zero-order valence-electron chi connectivity index (χ0n) is 11.8.